The van der Waals surface area contributed by atoms with Crippen molar-refractivity contribution < 1.29 is 4.39 Å². The van der Waals surface area contributed by atoms with E-state index in [4.69, 9.17) is 0 Å². The number of tetrazole rings is 1. The zero-order chi connectivity index (χ0) is 9.97. The highest BCUT2D eigenvalue weighted by molar-refractivity contribution is 9.10. The van der Waals surface area contributed by atoms with Crippen molar-refractivity contribution in [2.45, 2.75) is 6.42 Å². The Morgan fingerprint density at radius 1 is 1.36 bits per heavy atom. The highest BCUT2D eigenvalue weighted by atomic mass is 79.9. The zero-order valence-electron chi connectivity index (χ0n) is 7.04. The van der Waals surface area contributed by atoms with E-state index in [9.17, 15) is 4.39 Å². The highest BCUT2D eigenvalue weighted by Gasteiger charge is 2.03. The monoisotopic (exact) mass is 256 g/mol. The summed E-state index contributed by atoms with van der Waals surface area (Å²) in [4.78, 5) is 0. The molecule has 1 heterocycles. The van der Waals surface area contributed by atoms with Gasteiger partial charge >= 0.3 is 0 Å². The summed E-state index contributed by atoms with van der Waals surface area (Å²) < 4.78 is 13.7. The lowest BCUT2D eigenvalue weighted by Crippen LogP contribution is -1.92. The van der Waals surface area contributed by atoms with Gasteiger partial charge in [0.15, 0.2) is 5.82 Å². The first kappa shape index (κ1) is 9.26. The summed E-state index contributed by atoms with van der Waals surface area (Å²) in [7, 11) is 0. The Hall–Kier alpha value is -1.30. The second-order valence-electron chi connectivity index (χ2n) is 2.78. The summed E-state index contributed by atoms with van der Waals surface area (Å²) in [6, 6.07) is 4.67. The fourth-order valence-electron chi connectivity index (χ4n) is 1.15. The van der Waals surface area contributed by atoms with Crippen LogP contribution in [0.4, 0.5) is 4.39 Å². The summed E-state index contributed by atoms with van der Waals surface area (Å²) in [6.45, 7) is 0. The first-order valence-corrected chi connectivity index (χ1v) is 4.70. The summed E-state index contributed by atoms with van der Waals surface area (Å²) in [5.41, 5.74) is 0.804. The molecule has 0 bridgehead atoms. The van der Waals surface area contributed by atoms with Crippen LogP contribution < -0.4 is 0 Å². The number of nitrogens with one attached hydrogen (secondary N) is 1. The first-order valence-electron chi connectivity index (χ1n) is 3.91. The van der Waals surface area contributed by atoms with E-state index < -0.39 is 0 Å². The van der Waals surface area contributed by atoms with Gasteiger partial charge in [-0.15, -0.1) is 10.2 Å². The molecule has 0 aliphatic rings. The molecule has 0 radical (unpaired) electrons. The van der Waals surface area contributed by atoms with Crippen LogP contribution in [0.15, 0.2) is 22.7 Å². The molecule has 0 amide bonds. The fourth-order valence-corrected chi connectivity index (χ4v) is 1.67. The topological polar surface area (TPSA) is 54.5 Å². The lowest BCUT2D eigenvalue weighted by molar-refractivity contribution is 0.625. The van der Waals surface area contributed by atoms with Crippen LogP contribution >= 0.6 is 15.9 Å². The number of nitrogens with zero attached hydrogens (tertiary/aromatic N) is 3. The standard InChI is InChI=1S/C8H6BrFN4/c9-6-1-5(2-7(10)4-6)3-8-11-13-14-12-8/h1-2,4H,3H2,(H,11,12,13,14). The molecule has 6 heteroatoms. The number of aromatic nitrogens is 4. The minimum Gasteiger partial charge on any atom is -0.207 e. The molecule has 0 saturated heterocycles. The van der Waals surface area contributed by atoms with E-state index in [0.29, 0.717) is 16.7 Å². The van der Waals surface area contributed by atoms with Crippen LogP contribution in [0.5, 0.6) is 0 Å². The first-order chi connectivity index (χ1) is 6.74. The average molecular weight is 257 g/mol. The van der Waals surface area contributed by atoms with Crippen molar-refractivity contribution >= 4 is 15.9 Å². The van der Waals surface area contributed by atoms with Crippen LogP contribution in [0, 0.1) is 5.82 Å². The maximum atomic E-state index is 13.0. The van der Waals surface area contributed by atoms with Gasteiger partial charge in [0, 0.05) is 10.9 Å². The molecule has 0 aliphatic heterocycles. The van der Waals surface area contributed by atoms with E-state index in [-0.39, 0.29) is 5.82 Å². The van der Waals surface area contributed by atoms with Gasteiger partial charge in [0.25, 0.3) is 0 Å². The van der Waals surface area contributed by atoms with Gasteiger partial charge in [-0.1, -0.05) is 21.1 Å². The molecule has 0 atom stereocenters. The number of benzene rings is 1. The number of hydrogen-bond acceptors (Lipinski definition) is 3. The summed E-state index contributed by atoms with van der Waals surface area (Å²) in [5.74, 6) is 0.264. The van der Waals surface area contributed by atoms with E-state index in [1.165, 1.54) is 12.1 Å². The molecule has 1 N–H and O–H groups in total. The third kappa shape index (κ3) is 2.14. The smallest absolute Gasteiger partial charge is 0.178 e. The van der Waals surface area contributed by atoms with Crippen LogP contribution in [0.1, 0.15) is 11.4 Å². The second kappa shape index (κ2) is 3.83. The number of halogens is 2. The van der Waals surface area contributed by atoms with Gasteiger partial charge in [-0.3, -0.25) is 0 Å². The zero-order valence-corrected chi connectivity index (χ0v) is 8.62. The normalized spacial score (nSPS) is 10.4. The SMILES string of the molecule is Fc1cc(Br)cc(Cc2nn[nH]n2)c1. The molecule has 1 aromatic carbocycles. The fraction of sp³-hybridized carbons (Fsp3) is 0.125. The number of hydrogen-bond donors (Lipinski definition) is 1. The van der Waals surface area contributed by atoms with Crippen molar-refractivity contribution in [3.63, 3.8) is 0 Å². The molecular formula is C8H6BrFN4. The minimum atomic E-state index is -0.280. The van der Waals surface area contributed by atoms with Gasteiger partial charge in [0.05, 0.1) is 0 Å². The maximum absolute atomic E-state index is 13.0. The van der Waals surface area contributed by atoms with Crippen molar-refractivity contribution in [1.82, 2.24) is 20.6 Å². The Labute approximate surface area is 87.7 Å². The molecule has 2 aromatic rings. The Kier molecular flexibility index (Phi) is 2.53. The van der Waals surface area contributed by atoms with Crippen LogP contribution in [-0.2, 0) is 6.42 Å². The van der Waals surface area contributed by atoms with Crippen LogP contribution in [0.25, 0.3) is 0 Å². The minimum absolute atomic E-state index is 0.280. The lowest BCUT2D eigenvalue weighted by Gasteiger charge is -1.98. The molecule has 72 valence electrons. The van der Waals surface area contributed by atoms with Crippen LogP contribution in [-0.4, -0.2) is 20.6 Å². The predicted molar refractivity (Wildman–Crippen MR) is 51.1 cm³/mol. The molecule has 0 saturated carbocycles. The highest BCUT2D eigenvalue weighted by Crippen LogP contribution is 2.16. The molecule has 2 rings (SSSR count). The Balaban J connectivity index is 2.25. The quantitative estimate of drug-likeness (QED) is 0.890. The van der Waals surface area contributed by atoms with Gasteiger partial charge in [0.1, 0.15) is 5.82 Å². The van der Waals surface area contributed by atoms with Gasteiger partial charge in [0.2, 0.25) is 0 Å². The summed E-state index contributed by atoms with van der Waals surface area (Å²) in [5, 5.41) is 13.3. The van der Waals surface area contributed by atoms with Gasteiger partial charge in [-0.2, -0.15) is 5.21 Å². The number of H-pyrrole nitrogens is 1. The van der Waals surface area contributed by atoms with E-state index in [1.807, 2.05) is 6.07 Å². The Morgan fingerprint density at radius 3 is 2.86 bits per heavy atom. The van der Waals surface area contributed by atoms with Crippen LogP contribution in [0.2, 0.25) is 0 Å². The molecule has 0 unspecified atom stereocenters. The largest absolute Gasteiger partial charge is 0.207 e. The molecule has 1 aromatic heterocycles. The third-order valence-corrected chi connectivity index (χ3v) is 2.13. The molecular weight excluding hydrogens is 251 g/mol. The van der Waals surface area contributed by atoms with Crippen molar-refractivity contribution in [3.8, 4) is 0 Å². The molecule has 4 nitrogen and oxygen atoms in total. The van der Waals surface area contributed by atoms with E-state index >= 15 is 0 Å². The van der Waals surface area contributed by atoms with Crippen molar-refractivity contribution in [1.29, 1.82) is 0 Å². The molecule has 14 heavy (non-hydrogen) atoms. The van der Waals surface area contributed by atoms with Gasteiger partial charge in [-0.05, 0) is 23.8 Å². The maximum Gasteiger partial charge on any atom is 0.178 e. The van der Waals surface area contributed by atoms with Crippen molar-refractivity contribution in [3.05, 3.63) is 39.9 Å². The summed E-state index contributed by atoms with van der Waals surface area (Å²) in [6.07, 6.45) is 0.465. The third-order valence-electron chi connectivity index (χ3n) is 1.67. The second-order valence-corrected chi connectivity index (χ2v) is 3.70. The van der Waals surface area contributed by atoms with Crippen molar-refractivity contribution in [2.75, 3.05) is 0 Å². The van der Waals surface area contributed by atoms with Crippen LogP contribution in [0.3, 0.4) is 0 Å². The summed E-state index contributed by atoms with van der Waals surface area (Å²) >= 11 is 3.21. The van der Waals surface area contributed by atoms with Gasteiger partial charge < -0.3 is 0 Å². The van der Waals surface area contributed by atoms with E-state index in [1.54, 1.807) is 0 Å². The Morgan fingerprint density at radius 2 is 2.21 bits per heavy atom. The van der Waals surface area contributed by atoms with Gasteiger partial charge in [-0.25, -0.2) is 4.39 Å². The lowest BCUT2D eigenvalue weighted by atomic mass is 10.1. The van der Waals surface area contributed by atoms with E-state index in [0.717, 1.165) is 5.56 Å². The molecule has 0 spiro atoms. The van der Waals surface area contributed by atoms with E-state index in [2.05, 4.69) is 36.6 Å². The predicted octanol–water partition coefficient (Wildman–Crippen LogP) is 1.69. The van der Waals surface area contributed by atoms with Crippen molar-refractivity contribution in [2.24, 2.45) is 0 Å². The molecule has 0 aliphatic carbocycles. The number of aromatic amines is 1. The molecule has 0 fully saturated rings. The average Bonchev–Trinajstić information content (AvgIpc) is 2.54. The number of rotatable bonds is 2. The Bertz CT molecular complexity index is 409.